The van der Waals surface area contributed by atoms with Gasteiger partial charge in [-0.3, -0.25) is 9.78 Å². The first-order valence-electron chi connectivity index (χ1n) is 5.08. The molecule has 5 nitrogen and oxygen atoms in total. The van der Waals surface area contributed by atoms with E-state index in [4.69, 9.17) is 11.6 Å². The van der Waals surface area contributed by atoms with Crippen molar-refractivity contribution in [1.29, 1.82) is 0 Å². The number of nitrogens with zero attached hydrogens (tertiary/aromatic N) is 3. The second-order valence-electron chi connectivity index (χ2n) is 3.44. The molecule has 1 aliphatic heterocycles. The Labute approximate surface area is 147 Å². The van der Waals surface area contributed by atoms with E-state index in [9.17, 15) is 4.79 Å². The Balaban J connectivity index is 0.000000243. The van der Waals surface area contributed by atoms with Gasteiger partial charge in [-0.25, -0.2) is 9.97 Å². The minimum absolute atomic E-state index is 0. The summed E-state index contributed by atoms with van der Waals surface area (Å²) in [6, 6.07) is 5.72. The molecule has 1 N–H and O–H groups in total. The first-order chi connectivity index (χ1) is 9.03. The van der Waals surface area contributed by atoms with Crippen LogP contribution in [-0.4, -0.2) is 20.9 Å². The van der Waals surface area contributed by atoms with Gasteiger partial charge in [0.05, 0.1) is 5.56 Å². The quantitative estimate of drug-likeness (QED) is 0.455. The van der Waals surface area contributed by atoms with Crippen molar-refractivity contribution in [3.63, 3.8) is 0 Å². The summed E-state index contributed by atoms with van der Waals surface area (Å²) in [6.45, 7) is 0. The highest BCUT2D eigenvalue weighted by Crippen LogP contribution is 2.48. The number of nitrogens with one attached hydrogen (secondary N) is 1. The molecule has 0 unspecified atom stereocenters. The molecule has 106 valence electrons. The van der Waals surface area contributed by atoms with Crippen LogP contribution in [0, 0.1) is 0 Å². The van der Waals surface area contributed by atoms with Crippen LogP contribution in [0.3, 0.4) is 0 Å². The van der Waals surface area contributed by atoms with Crippen LogP contribution in [0.4, 0.5) is 5.82 Å². The highest BCUT2D eigenvalue weighted by molar-refractivity contribution is 9.25. The number of rotatable bonds is 0. The molecule has 0 bridgehead atoms. The number of hydrogen-bond acceptors (Lipinski definition) is 4. The molecule has 0 saturated heterocycles. The van der Waals surface area contributed by atoms with E-state index < -0.39 is 3.23 Å². The molecule has 3 rings (SSSR count). The van der Waals surface area contributed by atoms with Crippen molar-refractivity contribution in [2.45, 2.75) is 3.23 Å². The van der Waals surface area contributed by atoms with Crippen LogP contribution in [0.2, 0.25) is 5.15 Å². The fraction of sp³-hybridized carbons (Fsp3) is 0.0909. The van der Waals surface area contributed by atoms with Crippen molar-refractivity contribution in [2.75, 3.05) is 5.32 Å². The lowest BCUT2D eigenvalue weighted by atomic mass is 10.3. The zero-order valence-corrected chi connectivity index (χ0v) is 15.4. The number of fused-ring (bicyclic) bond motifs is 1. The average molecular weight is 487 g/mol. The molecule has 0 fully saturated rings. The van der Waals surface area contributed by atoms with Crippen LogP contribution in [0.1, 0.15) is 5.56 Å². The molecule has 1 amide bonds. The molecule has 0 aliphatic carbocycles. The fourth-order valence-corrected chi connectivity index (χ4v) is 2.80. The number of hydrogen-bond donors (Lipinski definition) is 1. The number of pyridine rings is 1. The van der Waals surface area contributed by atoms with Crippen molar-refractivity contribution >= 4 is 72.2 Å². The summed E-state index contributed by atoms with van der Waals surface area (Å²) >= 11 is 12.2. The van der Waals surface area contributed by atoms with Gasteiger partial charge in [-0.15, -0.1) is 17.0 Å². The van der Waals surface area contributed by atoms with E-state index in [-0.39, 0.29) is 28.0 Å². The molecule has 1 aliphatic rings. The molecular weight excluding hydrogens is 479 g/mol. The van der Waals surface area contributed by atoms with E-state index in [2.05, 4.69) is 52.1 Å². The highest BCUT2D eigenvalue weighted by atomic mass is 79.9. The van der Waals surface area contributed by atoms with Crippen molar-refractivity contribution in [1.82, 2.24) is 15.0 Å². The summed E-state index contributed by atoms with van der Waals surface area (Å²) in [7, 11) is 0. The Hall–Kier alpha value is -0.570. The van der Waals surface area contributed by atoms with Crippen molar-refractivity contribution in [2.24, 2.45) is 0 Å². The van der Waals surface area contributed by atoms with Crippen LogP contribution in [-0.2, 0) is 8.03 Å². The van der Waals surface area contributed by atoms with E-state index in [0.717, 1.165) is 0 Å². The van der Waals surface area contributed by atoms with Gasteiger partial charge in [0.2, 0.25) is 0 Å². The van der Waals surface area contributed by atoms with Gasteiger partial charge in [0.25, 0.3) is 5.91 Å². The lowest BCUT2D eigenvalue weighted by Crippen LogP contribution is -2.20. The second kappa shape index (κ2) is 7.44. The summed E-state index contributed by atoms with van der Waals surface area (Å²) in [5.74, 6) is 0.170. The zero-order chi connectivity index (χ0) is 13.9. The highest BCUT2D eigenvalue weighted by Gasteiger charge is 2.45. The molecular formula is C11H8Br3ClN4O. The number of carbonyl (C=O) groups excluding carboxylic acids is 1. The number of carbonyl (C=O) groups is 1. The maximum atomic E-state index is 11.4. The van der Waals surface area contributed by atoms with Gasteiger partial charge in [0.1, 0.15) is 17.3 Å². The molecule has 0 radical (unpaired) electrons. The van der Waals surface area contributed by atoms with Gasteiger partial charge in [0.15, 0.2) is 3.23 Å². The number of halogens is 4. The summed E-state index contributed by atoms with van der Waals surface area (Å²) in [4.78, 5) is 22.8. The van der Waals surface area contributed by atoms with E-state index in [1.807, 2.05) is 18.2 Å². The molecule has 0 saturated carbocycles. The third-order valence-corrected chi connectivity index (χ3v) is 4.00. The molecule has 0 spiro atoms. The Morgan fingerprint density at radius 3 is 2.25 bits per heavy atom. The minimum Gasteiger partial charge on any atom is -0.308 e. The lowest BCUT2D eigenvalue weighted by molar-refractivity contribution is -0.115. The third kappa shape index (κ3) is 3.75. The Morgan fingerprint density at radius 2 is 1.80 bits per heavy atom. The molecule has 0 atom stereocenters. The van der Waals surface area contributed by atoms with Gasteiger partial charge in [-0.2, -0.15) is 0 Å². The van der Waals surface area contributed by atoms with Crippen LogP contribution in [0.15, 0.2) is 36.9 Å². The van der Waals surface area contributed by atoms with Crippen LogP contribution in [0.25, 0.3) is 0 Å². The SMILES string of the molecule is Br.O=C1Nc2ncnc(Cl)c2C1(Br)Br.c1ccncc1. The zero-order valence-electron chi connectivity index (χ0n) is 9.76. The maximum absolute atomic E-state index is 11.4. The topological polar surface area (TPSA) is 67.8 Å². The normalized spacial score (nSPS) is 14.2. The number of aromatic nitrogens is 3. The summed E-state index contributed by atoms with van der Waals surface area (Å²) in [5.41, 5.74) is 0.515. The molecule has 20 heavy (non-hydrogen) atoms. The summed E-state index contributed by atoms with van der Waals surface area (Å²) in [5, 5.41) is 2.81. The molecule has 0 aromatic carbocycles. The molecule has 9 heteroatoms. The molecule has 3 heterocycles. The first-order valence-corrected chi connectivity index (χ1v) is 7.05. The van der Waals surface area contributed by atoms with Gasteiger partial charge >= 0.3 is 0 Å². The van der Waals surface area contributed by atoms with Gasteiger partial charge in [-0.05, 0) is 12.1 Å². The predicted molar refractivity (Wildman–Crippen MR) is 89.8 cm³/mol. The predicted octanol–water partition coefficient (Wildman–Crippen LogP) is 3.68. The standard InChI is InChI=1S/C6H2Br2ClN3O.C5H5N.BrH/c7-6(8)2-3(9)10-1-11-4(2)12-5(6)13;1-2-4-6-5-3-1;/h1H,(H,10,11,12,13);1-5H;1H. The lowest BCUT2D eigenvalue weighted by Gasteiger charge is -2.09. The van der Waals surface area contributed by atoms with Crippen molar-refractivity contribution < 1.29 is 4.79 Å². The van der Waals surface area contributed by atoms with Gasteiger partial charge in [-0.1, -0.05) is 49.5 Å². The van der Waals surface area contributed by atoms with E-state index in [1.54, 1.807) is 12.4 Å². The van der Waals surface area contributed by atoms with Gasteiger partial charge < -0.3 is 5.32 Å². The van der Waals surface area contributed by atoms with Gasteiger partial charge in [0, 0.05) is 12.4 Å². The third-order valence-electron chi connectivity index (χ3n) is 2.20. The largest absolute Gasteiger partial charge is 0.308 e. The van der Waals surface area contributed by atoms with Crippen LogP contribution >= 0.6 is 60.4 Å². The number of anilines is 1. The van der Waals surface area contributed by atoms with E-state index in [0.29, 0.717) is 11.4 Å². The maximum Gasteiger partial charge on any atom is 0.258 e. The Bertz CT molecular complexity index is 571. The Kier molecular flexibility index (Phi) is 6.50. The summed E-state index contributed by atoms with van der Waals surface area (Å²) in [6.07, 6.45) is 4.79. The minimum atomic E-state index is -1.01. The molecule has 2 aromatic heterocycles. The van der Waals surface area contributed by atoms with Crippen molar-refractivity contribution in [3.8, 4) is 0 Å². The second-order valence-corrected chi connectivity index (χ2v) is 7.24. The van der Waals surface area contributed by atoms with Crippen LogP contribution < -0.4 is 5.32 Å². The number of amides is 1. The van der Waals surface area contributed by atoms with E-state index >= 15 is 0 Å². The van der Waals surface area contributed by atoms with Crippen molar-refractivity contribution in [3.05, 3.63) is 47.6 Å². The fourth-order valence-electron chi connectivity index (χ4n) is 1.35. The molecule has 2 aromatic rings. The monoisotopic (exact) mass is 484 g/mol. The average Bonchev–Trinajstić information content (AvgIpc) is 2.64. The van der Waals surface area contributed by atoms with E-state index in [1.165, 1.54) is 6.33 Å². The first kappa shape index (κ1) is 17.5. The smallest absolute Gasteiger partial charge is 0.258 e. The Morgan fingerprint density at radius 1 is 1.15 bits per heavy atom. The summed E-state index contributed by atoms with van der Waals surface area (Å²) < 4.78 is -1.01. The number of alkyl halides is 2. The van der Waals surface area contributed by atoms with Crippen LogP contribution in [0.5, 0.6) is 0 Å².